The van der Waals surface area contributed by atoms with Crippen molar-refractivity contribution in [3.05, 3.63) is 59.7 Å². The average molecular weight is 349 g/mol. The van der Waals surface area contributed by atoms with Gasteiger partial charge in [0.05, 0.1) is 0 Å². The van der Waals surface area contributed by atoms with Crippen molar-refractivity contribution in [1.82, 2.24) is 0 Å². The second-order valence-corrected chi connectivity index (χ2v) is 4.80. The number of para-hydroxylation sites is 2. The van der Waals surface area contributed by atoms with Crippen LogP contribution in [-0.4, -0.2) is 0 Å². The van der Waals surface area contributed by atoms with Crippen LogP contribution in [0.15, 0.2) is 36.4 Å². The molecule has 2 aromatic rings. The van der Waals surface area contributed by atoms with Gasteiger partial charge in [-0.2, -0.15) is 0 Å². The summed E-state index contributed by atoms with van der Waals surface area (Å²) in [5.74, 6) is -4.74. The fourth-order valence-corrected chi connectivity index (χ4v) is 2.73. The van der Waals surface area contributed by atoms with E-state index in [1.165, 1.54) is 12.1 Å². The summed E-state index contributed by atoms with van der Waals surface area (Å²) in [5.41, 5.74) is 0. The van der Waals surface area contributed by atoms with Gasteiger partial charge in [-0.1, -0.05) is 0 Å². The zero-order chi connectivity index (χ0) is 13.8. The summed E-state index contributed by atoms with van der Waals surface area (Å²) >= 11 is -2.32. The van der Waals surface area contributed by atoms with Gasteiger partial charge in [-0.3, -0.25) is 0 Å². The first-order valence-electron chi connectivity index (χ1n) is 5.06. The Morgan fingerprint density at radius 1 is 0.632 bits per heavy atom. The van der Waals surface area contributed by atoms with Crippen LogP contribution in [0, 0.1) is 23.3 Å². The summed E-state index contributed by atoms with van der Waals surface area (Å²) in [4.78, 5) is 0. The van der Waals surface area contributed by atoms with Gasteiger partial charge >= 0.3 is 118 Å². The Kier molecular flexibility index (Phi) is 4.58. The van der Waals surface area contributed by atoms with E-state index < -0.39 is 58.9 Å². The van der Waals surface area contributed by atoms with Gasteiger partial charge in [-0.25, -0.2) is 0 Å². The summed E-state index contributed by atoms with van der Waals surface area (Å²) in [7, 11) is 0. The van der Waals surface area contributed by atoms with Crippen molar-refractivity contribution < 1.29 is 47.3 Å². The standard InChI is InChI=1S/2C6H4F2O.Zr/c2*7-4-2-1-3-5(8)6(4)9;/h2*1-3,9H;/q;;+2/p-2. The van der Waals surface area contributed by atoms with Crippen molar-refractivity contribution in [3.8, 4) is 11.5 Å². The van der Waals surface area contributed by atoms with Gasteiger partial charge in [0, 0.05) is 0 Å². The Morgan fingerprint density at radius 2 is 0.947 bits per heavy atom. The number of hydrogen-bond acceptors (Lipinski definition) is 2. The maximum absolute atomic E-state index is 13.2. The summed E-state index contributed by atoms with van der Waals surface area (Å²) in [6, 6.07) is 6.42. The fourth-order valence-electron chi connectivity index (χ4n) is 1.26. The van der Waals surface area contributed by atoms with E-state index in [0.29, 0.717) is 0 Å². The van der Waals surface area contributed by atoms with E-state index in [1.807, 2.05) is 0 Å². The molecule has 7 heteroatoms. The second-order valence-electron chi connectivity index (χ2n) is 3.39. The molecular formula is C12H6F4O2Zr. The van der Waals surface area contributed by atoms with Crippen molar-refractivity contribution in [2.45, 2.75) is 0 Å². The quantitative estimate of drug-likeness (QED) is 0.785. The van der Waals surface area contributed by atoms with Crippen LogP contribution in [0.3, 0.4) is 0 Å². The molecule has 0 aliphatic carbocycles. The number of rotatable bonds is 4. The molecule has 0 aromatic heterocycles. The molecule has 0 saturated carbocycles. The third-order valence-corrected chi connectivity index (χ3v) is 3.54. The molecule has 0 heterocycles. The van der Waals surface area contributed by atoms with Crippen molar-refractivity contribution in [2.24, 2.45) is 0 Å². The first-order chi connectivity index (χ1) is 9.09. The molecule has 0 atom stereocenters. The summed E-state index contributed by atoms with van der Waals surface area (Å²) < 4.78 is 62.5. The summed E-state index contributed by atoms with van der Waals surface area (Å²) in [5, 5.41) is 0. The second kappa shape index (κ2) is 6.19. The molecule has 0 N–H and O–H groups in total. The van der Waals surface area contributed by atoms with Gasteiger partial charge in [0.1, 0.15) is 0 Å². The van der Waals surface area contributed by atoms with Crippen molar-refractivity contribution in [1.29, 1.82) is 0 Å². The van der Waals surface area contributed by atoms with Crippen LogP contribution in [0.2, 0.25) is 0 Å². The van der Waals surface area contributed by atoms with Gasteiger partial charge in [-0.15, -0.1) is 0 Å². The van der Waals surface area contributed by atoms with Gasteiger partial charge in [0.15, 0.2) is 0 Å². The Labute approximate surface area is 118 Å². The van der Waals surface area contributed by atoms with E-state index in [-0.39, 0.29) is 0 Å². The van der Waals surface area contributed by atoms with E-state index in [1.54, 1.807) is 0 Å². The minimum atomic E-state index is -2.32. The predicted octanol–water partition coefficient (Wildman–Crippen LogP) is 3.61. The summed E-state index contributed by atoms with van der Waals surface area (Å²) in [6.45, 7) is 0. The maximum atomic E-state index is 13.2. The molecule has 2 nitrogen and oxygen atoms in total. The first kappa shape index (κ1) is 14.1. The zero-order valence-corrected chi connectivity index (χ0v) is 11.8. The number of halogens is 4. The molecule has 0 spiro atoms. The van der Waals surface area contributed by atoms with Crippen molar-refractivity contribution >= 4 is 0 Å². The SMILES string of the molecule is Fc1cccc(F)c1[O][Zr][O]c1c(F)cccc1F. The van der Waals surface area contributed by atoms with Gasteiger partial charge in [0.2, 0.25) is 0 Å². The first-order valence-corrected chi connectivity index (χ1v) is 7.07. The molecule has 0 saturated heterocycles. The molecule has 0 amide bonds. The third kappa shape index (κ3) is 3.35. The normalized spacial score (nSPS) is 10.1. The van der Waals surface area contributed by atoms with Crippen LogP contribution in [0.25, 0.3) is 0 Å². The van der Waals surface area contributed by atoms with E-state index in [9.17, 15) is 17.6 Å². The minimum absolute atomic E-state index is 0.592. The molecule has 0 unspecified atom stereocenters. The number of benzene rings is 2. The third-order valence-electron chi connectivity index (χ3n) is 2.13. The Hall–Kier alpha value is -1.36. The Bertz CT molecular complexity index is 500. The fraction of sp³-hybridized carbons (Fsp3) is 0. The van der Waals surface area contributed by atoms with Gasteiger partial charge in [0.25, 0.3) is 0 Å². The van der Waals surface area contributed by atoms with Gasteiger partial charge < -0.3 is 0 Å². The van der Waals surface area contributed by atoms with Crippen LogP contribution in [0.4, 0.5) is 17.6 Å². The molecule has 0 fully saturated rings. The molecule has 98 valence electrons. The van der Waals surface area contributed by atoms with Crippen molar-refractivity contribution in [3.63, 3.8) is 0 Å². The van der Waals surface area contributed by atoms with Crippen LogP contribution >= 0.6 is 0 Å². The molecule has 2 aromatic carbocycles. The molecule has 0 aliphatic rings. The average Bonchev–Trinajstić information content (AvgIpc) is 2.36. The van der Waals surface area contributed by atoms with E-state index in [4.69, 9.17) is 5.63 Å². The number of hydrogen-bond donors (Lipinski definition) is 0. The molecule has 2 rings (SSSR count). The molecule has 0 radical (unpaired) electrons. The van der Waals surface area contributed by atoms with Crippen molar-refractivity contribution in [2.75, 3.05) is 0 Å². The van der Waals surface area contributed by atoms with E-state index in [0.717, 1.165) is 24.3 Å². The van der Waals surface area contributed by atoms with Crippen LogP contribution in [0.5, 0.6) is 11.5 Å². The molecular weight excluding hydrogens is 343 g/mol. The predicted molar refractivity (Wildman–Crippen MR) is 54.0 cm³/mol. The van der Waals surface area contributed by atoms with Gasteiger partial charge in [-0.05, 0) is 0 Å². The molecule has 0 aliphatic heterocycles. The zero-order valence-electron chi connectivity index (χ0n) is 9.29. The summed E-state index contributed by atoms with van der Waals surface area (Å²) in [6.07, 6.45) is 0. The monoisotopic (exact) mass is 348 g/mol. The Balaban J connectivity index is 2.05. The van der Waals surface area contributed by atoms with Crippen LogP contribution in [-0.2, 0) is 24.1 Å². The Morgan fingerprint density at radius 3 is 1.26 bits per heavy atom. The van der Waals surface area contributed by atoms with E-state index in [2.05, 4.69) is 0 Å². The molecule has 0 bridgehead atoms. The van der Waals surface area contributed by atoms with Crippen LogP contribution < -0.4 is 5.63 Å². The topological polar surface area (TPSA) is 18.5 Å². The van der Waals surface area contributed by atoms with Crippen LogP contribution in [0.1, 0.15) is 0 Å². The molecule has 19 heavy (non-hydrogen) atoms. The van der Waals surface area contributed by atoms with E-state index >= 15 is 0 Å².